The maximum absolute atomic E-state index is 12.5. The highest BCUT2D eigenvalue weighted by atomic mass is 19.4. The molecule has 12 heteroatoms. The summed E-state index contributed by atoms with van der Waals surface area (Å²) in [6.45, 7) is 4.30. The van der Waals surface area contributed by atoms with Crippen molar-refractivity contribution in [3.8, 4) is 16.9 Å². The number of aromatic amines is 1. The van der Waals surface area contributed by atoms with E-state index in [1.807, 2.05) is 19.1 Å². The van der Waals surface area contributed by atoms with Crippen molar-refractivity contribution in [2.45, 2.75) is 39.3 Å². The number of hydrogen-bond acceptors (Lipinski definition) is 8. The minimum absolute atomic E-state index is 0.336. The van der Waals surface area contributed by atoms with Gasteiger partial charge in [0, 0.05) is 36.3 Å². The van der Waals surface area contributed by atoms with Crippen LogP contribution in [-0.2, 0) is 17.9 Å². The van der Waals surface area contributed by atoms with Crippen molar-refractivity contribution in [3.05, 3.63) is 59.6 Å². The molecule has 0 spiro atoms. The van der Waals surface area contributed by atoms with Crippen molar-refractivity contribution in [1.29, 1.82) is 0 Å². The average Bonchev–Trinajstić information content (AvgIpc) is 3.52. The number of alkyl halides is 3. The van der Waals surface area contributed by atoms with Gasteiger partial charge in [0.1, 0.15) is 12.0 Å². The van der Waals surface area contributed by atoms with Crippen molar-refractivity contribution >= 4 is 16.6 Å². The summed E-state index contributed by atoms with van der Waals surface area (Å²) < 4.78 is 52.3. The molecule has 0 aliphatic heterocycles. The Kier molecular flexibility index (Phi) is 9.21. The van der Waals surface area contributed by atoms with Gasteiger partial charge in [-0.05, 0) is 67.3 Å². The second-order valence-corrected chi connectivity index (χ2v) is 8.78. The molecule has 4 rings (SSSR count). The quantitative estimate of drug-likeness (QED) is 0.169. The molecule has 0 fully saturated rings. The van der Waals surface area contributed by atoms with Crippen LogP contribution in [0.4, 0.5) is 18.9 Å². The van der Waals surface area contributed by atoms with Crippen molar-refractivity contribution in [2.75, 3.05) is 31.6 Å². The Balaban J connectivity index is 1.14. The van der Waals surface area contributed by atoms with Crippen LogP contribution in [0, 0.1) is 6.92 Å². The van der Waals surface area contributed by atoms with Crippen LogP contribution in [0.1, 0.15) is 29.7 Å². The fourth-order valence-electron chi connectivity index (χ4n) is 4.08. The third-order valence-electron chi connectivity index (χ3n) is 5.85. The number of fused-ring (bicyclic) bond motifs is 1. The Morgan fingerprint density at radius 3 is 2.66 bits per heavy atom. The van der Waals surface area contributed by atoms with Crippen LogP contribution in [-0.4, -0.2) is 53.1 Å². The Bertz CT molecular complexity index is 1320. The van der Waals surface area contributed by atoms with Gasteiger partial charge < -0.3 is 29.7 Å². The lowest BCUT2D eigenvalue weighted by Gasteiger charge is -2.13. The third-order valence-corrected chi connectivity index (χ3v) is 5.85. The fraction of sp³-hybridized carbons (Fsp3) is 0.385. The number of rotatable bonds is 14. The molecule has 2 aromatic carbocycles. The lowest BCUT2D eigenvalue weighted by Crippen LogP contribution is -2.18. The Hall–Kier alpha value is -3.61. The summed E-state index contributed by atoms with van der Waals surface area (Å²) in [5.41, 5.74) is 5.52. The zero-order valence-electron chi connectivity index (χ0n) is 20.9. The van der Waals surface area contributed by atoms with Gasteiger partial charge >= 0.3 is 6.36 Å². The molecule has 2 aromatic heterocycles. The summed E-state index contributed by atoms with van der Waals surface area (Å²) in [7, 11) is 0. The predicted molar refractivity (Wildman–Crippen MR) is 136 cm³/mol. The number of aromatic nitrogens is 3. The molecule has 4 N–H and O–H groups in total. The third kappa shape index (κ3) is 7.70. The summed E-state index contributed by atoms with van der Waals surface area (Å²) in [4.78, 5) is 0. The zero-order chi connectivity index (χ0) is 27.0. The first-order valence-corrected chi connectivity index (χ1v) is 12.2. The van der Waals surface area contributed by atoms with Crippen LogP contribution in [0.25, 0.3) is 22.0 Å². The molecule has 204 valence electrons. The van der Waals surface area contributed by atoms with Crippen LogP contribution in [0.3, 0.4) is 0 Å². The van der Waals surface area contributed by atoms with Gasteiger partial charge in [-0.15, -0.1) is 13.2 Å². The van der Waals surface area contributed by atoms with Gasteiger partial charge in [0.2, 0.25) is 0 Å². The summed E-state index contributed by atoms with van der Waals surface area (Å²) in [5, 5.41) is 28.0. The summed E-state index contributed by atoms with van der Waals surface area (Å²) >= 11 is 0. The normalized spacial score (nSPS) is 11.8. The minimum atomic E-state index is -4.78. The number of hydrogen-bond donors (Lipinski definition) is 4. The van der Waals surface area contributed by atoms with Gasteiger partial charge in [-0.3, -0.25) is 5.10 Å². The summed E-state index contributed by atoms with van der Waals surface area (Å²) in [6.07, 6.45) is 0.302. The number of aliphatic hydroxyl groups excluding tert-OH is 1. The molecular weight excluding hydrogens is 503 g/mol. The van der Waals surface area contributed by atoms with Crippen molar-refractivity contribution in [2.24, 2.45) is 0 Å². The van der Waals surface area contributed by atoms with E-state index in [0.717, 1.165) is 46.3 Å². The number of benzene rings is 2. The van der Waals surface area contributed by atoms with Crippen LogP contribution < -0.4 is 15.4 Å². The van der Waals surface area contributed by atoms with Crippen LogP contribution in [0.2, 0.25) is 0 Å². The molecule has 0 atom stereocenters. The largest absolute Gasteiger partial charge is 0.573 e. The van der Waals surface area contributed by atoms with Crippen molar-refractivity contribution in [3.63, 3.8) is 0 Å². The Morgan fingerprint density at radius 1 is 1.05 bits per heavy atom. The first kappa shape index (κ1) is 27.4. The molecule has 0 bridgehead atoms. The highest BCUT2D eigenvalue weighted by Gasteiger charge is 2.31. The number of halogens is 3. The van der Waals surface area contributed by atoms with Crippen LogP contribution in [0.15, 0.2) is 47.3 Å². The molecule has 2 heterocycles. The number of nitrogens with one attached hydrogen (secondary N) is 3. The van der Waals surface area contributed by atoms with Crippen LogP contribution in [0.5, 0.6) is 5.75 Å². The van der Waals surface area contributed by atoms with E-state index in [0.29, 0.717) is 44.0 Å². The molecule has 4 aromatic rings. The van der Waals surface area contributed by atoms with E-state index < -0.39 is 6.36 Å². The van der Waals surface area contributed by atoms with Gasteiger partial charge in [0.15, 0.2) is 0 Å². The molecule has 0 unspecified atom stereocenters. The van der Waals surface area contributed by atoms with Crippen LogP contribution >= 0.6 is 0 Å². The number of H-pyrrole nitrogens is 1. The second kappa shape index (κ2) is 12.8. The van der Waals surface area contributed by atoms with E-state index in [-0.39, 0.29) is 12.4 Å². The van der Waals surface area contributed by atoms with Gasteiger partial charge in [0.25, 0.3) is 0 Å². The average molecular weight is 534 g/mol. The number of nitrogens with zero attached hydrogens (tertiary/aromatic N) is 2. The molecule has 0 aliphatic carbocycles. The topological polar surface area (TPSA) is 117 Å². The zero-order valence-corrected chi connectivity index (χ0v) is 20.9. The highest BCUT2D eigenvalue weighted by molar-refractivity contribution is 5.95. The molecule has 9 nitrogen and oxygen atoms in total. The molecular formula is C26H30F3N5O4. The fourth-order valence-corrected chi connectivity index (χ4v) is 4.08. The maximum atomic E-state index is 12.5. The van der Waals surface area contributed by atoms with E-state index in [1.165, 1.54) is 12.1 Å². The Labute approximate surface area is 217 Å². The smallest absolute Gasteiger partial charge is 0.406 e. The first-order valence-electron chi connectivity index (χ1n) is 12.2. The molecule has 0 saturated heterocycles. The monoisotopic (exact) mass is 533 g/mol. The highest BCUT2D eigenvalue weighted by Crippen LogP contribution is 2.31. The molecule has 0 amide bonds. The number of aliphatic hydroxyl groups is 1. The maximum Gasteiger partial charge on any atom is 0.573 e. The van der Waals surface area contributed by atoms with Gasteiger partial charge in [-0.25, -0.2) is 0 Å². The second-order valence-electron chi connectivity index (χ2n) is 8.78. The van der Waals surface area contributed by atoms with E-state index in [9.17, 15) is 18.3 Å². The van der Waals surface area contributed by atoms with E-state index in [1.54, 1.807) is 18.5 Å². The van der Waals surface area contributed by atoms with Crippen molar-refractivity contribution in [1.82, 2.24) is 20.7 Å². The summed E-state index contributed by atoms with van der Waals surface area (Å²) in [5.74, 6) is -0.336. The first-order chi connectivity index (χ1) is 18.3. The standard InChI is InChI=1S/C26H30F3N5O4/c1-17-23(16-37-34-17)20-11-24(22-14-32-33-25(22)12-20)31-5-7-36-6-3-2-4-30-13-18-8-19(15-35)10-21(9-18)38-26(27,28)29/h8-12,14,16,30-31,35H,2-7,13,15H2,1H3,(H,32,33). The molecule has 0 radical (unpaired) electrons. The van der Waals surface area contributed by atoms with E-state index in [2.05, 4.69) is 30.7 Å². The van der Waals surface area contributed by atoms with Gasteiger partial charge in [-0.2, -0.15) is 5.10 Å². The minimum Gasteiger partial charge on any atom is -0.406 e. The number of anilines is 1. The molecule has 38 heavy (non-hydrogen) atoms. The molecule has 0 saturated carbocycles. The van der Waals surface area contributed by atoms with Crippen molar-refractivity contribution < 1.29 is 32.3 Å². The lowest BCUT2D eigenvalue weighted by molar-refractivity contribution is -0.274. The number of unbranched alkanes of at least 4 members (excludes halogenated alkanes) is 1. The lowest BCUT2D eigenvalue weighted by atomic mass is 10.0. The van der Waals surface area contributed by atoms with E-state index in [4.69, 9.17) is 9.26 Å². The number of ether oxygens (including phenoxy) is 2. The molecule has 0 aliphatic rings. The van der Waals surface area contributed by atoms with Gasteiger partial charge in [-0.1, -0.05) is 11.2 Å². The van der Waals surface area contributed by atoms with E-state index >= 15 is 0 Å². The Morgan fingerprint density at radius 2 is 1.89 bits per heavy atom. The number of aryl methyl sites for hydroxylation is 1. The predicted octanol–water partition coefficient (Wildman–Crippen LogP) is 4.92. The summed E-state index contributed by atoms with van der Waals surface area (Å²) in [6, 6.07) is 8.19. The SMILES string of the molecule is Cc1nocc1-c1cc(NCCOCCCCNCc2cc(CO)cc(OC(F)(F)F)c2)c2cn[nH]c2c1. The van der Waals surface area contributed by atoms with Gasteiger partial charge in [0.05, 0.1) is 30.6 Å².